The molecule has 0 aliphatic carbocycles. The summed E-state index contributed by atoms with van der Waals surface area (Å²) in [7, 11) is 2.32. The molecule has 0 atom stereocenters. The first-order chi connectivity index (χ1) is 25.2. The number of hydrogen-bond acceptors (Lipinski definition) is 0. The van der Waals surface area contributed by atoms with Gasteiger partial charge in [0.15, 0.2) is 11.4 Å². The van der Waals surface area contributed by atoms with Gasteiger partial charge in [-0.2, -0.15) is 0 Å². The van der Waals surface area contributed by atoms with Gasteiger partial charge in [0.25, 0.3) is 0 Å². The second kappa shape index (κ2) is 11.6. The molecule has 0 saturated heterocycles. The SMILES string of the molecule is C[N+]1(c2cccc(-c3cccc(-c4cccc(-c5cccc(-n6c7ccccc7c7ccccc76)c5)c4)c3)c2)c2ccccc2-c2ccccc21. The molecule has 10 rings (SSSR count). The molecule has 0 bridgehead atoms. The Bertz CT molecular complexity index is 2690. The highest BCUT2D eigenvalue weighted by Crippen LogP contribution is 2.56. The minimum atomic E-state index is 0.648. The zero-order valence-corrected chi connectivity index (χ0v) is 28.4. The van der Waals surface area contributed by atoms with E-state index in [0.29, 0.717) is 4.48 Å². The van der Waals surface area contributed by atoms with Crippen LogP contribution < -0.4 is 4.48 Å². The third-order valence-electron chi connectivity index (χ3n) is 10.8. The summed E-state index contributed by atoms with van der Waals surface area (Å²) in [5, 5.41) is 2.55. The molecule has 0 spiro atoms. The van der Waals surface area contributed by atoms with Crippen molar-refractivity contribution in [3.8, 4) is 50.2 Å². The molecule has 2 heterocycles. The summed E-state index contributed by atoms with van der Waals surface area (Å²) in [6, 6.07) is 70.9. The highest BCUT2D eigenvalue weighted by Gasteiger charge is 2.42. The first-order valence-electron chi connectivity index (χ1n) is 17.6. The van der Waals surface area contributed by atoms with Gasteiger partial charge in [-0.05, 0) is 81.9 Å². The summed E-state index contributed by atoms with van der Waals surface area (Å²) in [5.74, 6) is 0. The van der Waals surface area contributed by atoms with Gasteiger partial charge in [0.1, 0.15) is 5.69 Å². The smallest absolute Gasteiger partial charge is 0.150 e. The summed E-state index contributed by atoms with van der Waals surface area (Å²) in [6.45, 7) is 0. The zero-order chi connectivity index (χ0) is 33.9. The van der Waals surface area contributed by atoms with E-state index in [1.807, 2.05) is 0 Å². The van der Waals surface area contributed by atoms with Gasteiger partial charge in [0.05, 0.1) is 18.1 Å². The van der Waals surface area contributed by atoms with E-state index in [2.05, 4.69) is 206 Å². The van der Waals surface area contributed by atoms with Crippen LogP contribution in [-0.2, 0) is 0 Å². The van der Waals surface area contributed by atoms with Gasteiger partial charge < -0.3 is 4.57 Å². The van der Waals surface area contributed by atoms with Gasteiger partial charge in [0.2, 0.25) is 0 Å². The van der Waals surface area contributed by atoms with Crippen LogP contribution >= 0.6 is 0 Å². The lowest BCUT2D eigenvalue weighted by Gasteiger charge is -2.30. The fraction of sp³-hybridized carbons (Fsp3) is 0.0204. The predicted molar refractivity (Wildman–Crippen MR) is 216 cm³/mol. The van der Waals surface area contributed by atoms with Crippen LogP contribution in [0, 0.1) is 0 Å². The molecule has 240 valence electrons. The molecule has 2 nitrogen and oxygen atoms in total. The van der Waals surface area contributed by atoms with E-state index < -0.39 is 0 Å². The number of para-hydroxylation sites is 4. The molecule has 51 heavy (non-hydrogen) atoms. The number of hydrogen-bond donors (Lipinski definition) is 0. The second-order valence-electron chi connectivity index (χ2n) is 13.7. The molecular formula is C49H35N2+. The lowest BCUT2D eigenvalue weighted by molar-refractivity contribution is 0.643. The van der Waals surface area contributed by atoms with E-state index in [4.69, 9.17) is 0 Å². The molecule has 8 aromatic carbocycles. The van der Waals surface area contributed by atoms with Crippen LogP contribution in [0.4, 0.5) is 17.1 Å². The van der Waals surface area contributed by atoms with Crippen molar-refractivity contribution in [2.75, 3.05) is 7.05 Å². The molecule has 1 aliphatic rings. The van der Waals surface area contributed by atoms with Crippen molar-refractivity contribution in [1.29, 1.82) is 0 Å². The maximum atomic E-state index is 2.39. The van der Waals surface area contributed by atoms with Gasteiger partial charge in [-0.15, -0.1) is 0 Å². The Kier molecular flexibility index (Phi) is 6.67. The van der Waals surface area contributed by atoms with Crippen molar-refractivity contribution in [3.63, 3.8) is 0 Å². The fourth-order valence-corrected chi connectivity index (χ4v) is 8.34. The van der Waals surface area contributed by atoms with E-state index in [9.17, 15) is 0 Å². The Labute approximate surface area is 298 Å². The maximum Gasteiger partial charge on any atom is 0.150 e. The maximum absolute atomic E-state index is 2.39. The lowest BCUT2D eigenvalue weighted by atomic mass is 9.96. The minimum absolute atomic E-state index is 0.648. The molecule has 1 aliphatic heterocycles. The van der Waals surface area contributed by atoms with Crippen LogP contribution in [-0.4, -0.2) is 11.6 Å². The monoisotopic (exact) mass is 651 g/mol. The van der Waals surface area contributed by atoms with E-state index in [1.54, 1.807) is 0 Å². The van der Waals surface area contributed by atoms with Crippen molar-refractivity contribution in [2.45, 2.75) is 0 Å². The van der Waals surface area contributed by atoms with Crippen LogP contribution in [0.5, 0.6) is 0 Å². The second-order valence-corrected chi connectivity index (χ2v) is 13.7. The third-order valence-corrected chi connectivity index (χ3v) is 10.8. The first kappa shape index (κ1) is 29.4. The summed E-state index contributed by atoms with van der Waals surface area (Å²) < 4.78 is 3.03. The molecule has 0 unspecified atom stereocenters. The number of quaternary nitrogens is 1. The van der Waals surface area contributed by atoms with Crippen molar-refractivity contribution in [3.05, 3.63) is 194 Å². The predicted octanol–water partition coefficient (Wildman–Crippen LogP) is 13.4. The Morgan fingerprint density at radius 2 is 0.765 bits per heavy atom. The number of aromatic nitrogens is 1. The average molecular weight is 652 g/mol. The number of rotatable bonds is 5. The van der Waals surface area contributed by atoms with Crippen LogP contribution in [0.15, 0.2) is 194 Å². The molecule has 0 amide bonds. The molecule has 0 N–H and O–H groups in total. The van der Waals surface area contributed by atoms with Crippen molar-refractivity contribution in [1.82, 2.24) is 9.05 Å². The van der Waals surface area contributed by atoms with Crippen LogP contribution in [0.1, 0.15) is 0 Å². The topological polar surface area (TPSA) is 4.93 Å². The standard InChI is InChI=1S/C49H35N2/c1-51(48-28-8-4-24-44(48)45-25-5-9-29-49(45)51)41-21-13-19-39(33-41)37-17-11-15-35(31-37)34-14-10-16-36(30-34)38-18-12-20-40(32-38)50-46-26-6-2-22-42(46)43-23-3-7-27-47(43)50/h2-33H,1H3/q+1. The molecule has 0 saturated carbocycles. The Balaban J connectivity index is 1.02. The summed E-state index contributed by atoms with van der Waals surface area (Å²) in [4.78, 5) is 0. The number of nitrogens with zero attached hydrogens (tertiary/aromatic N) is 2. The van der Waals surface area contributed by atoms with E-state index in [1.165, 1.54) is 83.4 Å². The van der Waals surface area contributed by atoms with Crippen molar-refractivity contribution >= 4 is 38.9 Å². The molecular weight excluding hydrogens is 617 g/mol. The van der Waals surface area contributed by atoms with Crippen molar-refractivity contribution < 1.29 is 0 Å². The Morgan fingerprint density at radius 1 is 0.353 bits per heavy atom. The molecule has 2 heteroatoms. The van der Waals surface area contributed by atoms with E-state index in [0.717, 1.165) is 5.69 Å². The molecule has 0 fully saturated rings. The minimum Gasteiger partial charge on any atom is -0.309 e. The summed E-state index contributed by atoms with van der Waals surface area (Å²) in [5.41, 5.74) is 17.3. The van der Waals surface area contributed by atoms with Crippen LogP contribution in [0.25, 0.3) is 72.0 Å². The largest absolute Gasteiger partial charge is 0.309 e. The van der Waals surface area contributed by atoms with Gasteiger partial charge in [-0.1, -0.05) is 121 Å². The number of fused-ring (bicyclic) bond motifs is 6. The molecule has 1 aromatic heterocycles. The summed E-state index contributed by atoms with van der Waals surface area (Å²) >= 11 is 0. The van der Waals surface area contributed by atoms with Crippen LogP contribution in [0.3, 0.4) is 0 Å². The quantitative estimate of drug-likeness (QED) is 0.163. The third kappa shape index (κ3) is 4.61. The normalized spacial score (nSPS) is 13.0. The van der Waals surface area contributed by atoms with Crippen LogP contribution in [0.2, 0.25) is 0 Å². The Hall–Kier alpha value is -6.48. The first-order valence-corrected chi connectivity index (χ1v) is 17.6. The van der Waals surface area contributed by atoms with E-state index in [-0.39, 0.29) is 0 Å². The highest BCUT2D eigenvalue weighted by atomic mass is 15.4. The van der Waals surface area contributed by atoms with E-state index >= 15 is 0 Å². The number of benzene rings is 8. The van der Waals surface area contributed by atoms with Gasteiger partial charge in [-0.3, -0.25) is 0 Å². The lowest BCUT2D eigenvalue weighted by Crippen LogP contribution is -2.31. The van der Waals surface area contributed by atoms with Gasteiger partial charge >= 0.3 is 0 Å². The summed E-state index contributed by atoms with van der Waals surface area (Å²) in [6.07, 6.45) is 0. The highest BCUT2D eigenvalue weighted by molar-refractivity contribution is 6.09. The molecule has 9 aromatic rings. The van der Waals surface area contributed by atoms with Crippen molar-refractivity contribution in [2.24, 2.45) is 0 Å². The zero-order valence-electron chi connectivity index (χ0n) is 28.4. The fourth-order valence-electron chi connectivity index (χ4n) is 8.34. The van der Waals surface area contributed by atoms with Gasteiger partial charge in [0, 0.05) is 51.9 Å². The van der Waals surface area contributed by atoms with Gasteiger partial charge in [-0.25, -0.2) is 4.48 Å². The molecule has 0 radical (unpaired) electrons. The average Bonchev–Trinajstić information content (AvgIpc) is 3.68. The Morgan fingerprint density at radius 3 is 1.31 bits per heavy atom.